The van der Waals surface area contributed by atoms with E-state index in [4.69, 9.17) is 0 Å². The molecule has 0 saturated carbocycles. The molecule has 9 heteroatoms. The predicted molar refractivity (Wildman–Crippen MR) is 109 cm³/mol. The minimum absolute atomic E-state index is 0. The van der Waals surface area contributed by atoms with Crippen LogP contribution in [0.4, 0.5) is 5.69 Å². The standard InChI is InChI=1S/C17H25N3O3S.2ClH/c1-24(22,23)17(8-10-18-11-9-17)16(21)20-12-7-15(13-20)19-14-5-3-2-4-6-14;;/h2-6,15,18-19H,7-13H2,1H3;2*1H. The third kappa shape index (κ3) is 4.63. The number of anilines is 1. The van der Waals surface area contributed by atoms with Gasteiger partial charge >= 0.3 is 0 Å². The third-order valence-electron chi connectivity index (χ3n) is 5.13. The molecule has 0 radical (unpaired) electrons. The molecule has 1 amide bonds. The van der Waals surface area contributed by atoms with Crippen LogP contribution in [0.15, 0.2) is 30.3 Å². The number of halogens is 2. The molecule has 0 aromatic heterocycles. The molecule has 2 aliphatic rings. The highest BCUT2D eigenvalue weighted by atomic mass is 35.5. The number of piperidine rings is 1. The smallest absolute Gasteiger partial charge is 0.244 e. The van der Waals surface area contributed by atoms with Crippen molar-refractivity contribution in [3.63, 3.8) is 0 Å². The molecule has 1 aromatic carbocycles. The number of carbonyl (C=O) groups is 1. The van der Waals surface area contributed by atoms with Crippen LogP contribution in [0.2, 0.25) is 0 Å². The molecule has 26 heavy (non-hydrogen) atoms. The van der Waals surface area contributed by atoms with E-state index in [0.29, 0.717) is 39.0 Å². The van der Waals surface area contributed by atoms with Crippen molar-refractivity contribution in [3.05, 3.63) is 30.3 Å². The zero-order valence-corrected chi connectivity index (χ0v) is 17.3. The Labute approximate surface area is 167 Å². The van der Waals surface area contributed by atoms with Crippen molar-refractivity contribution in [2.45, 2.75) is 30.1 Å². The van der Waals surface area contributed by atoms with Crippen molar-refractivity contribution < 1.29 is 13.2 Å². The first kappa shape index (κ1) is 23.0. The van der Waals surface area contributed by atoms with Gasteiger partial charge in [-0.25, -0.2) is 8.42 Å². The summed E-state index contributed by atoms with van der Waals surface area (Å²) in [4.78, 5) is 14.8. The average Bonchev–Trinajstić information content (AvgIpc) is 3.03. The van der Waals surface area contributed by atoms with Crippen LogP contribution >= 0.6 is 24.8 Å². The van der Waals surface area contributed by atoms with Gasteiger partial charge in [0.05, 0.1) is 0 Å². The van der Waals surface area contributed by atoms with Crippen molar-refractivity contribution in [1.29, 1.82) is 0 Å². The number of sulfone groups is 1. The van der Waals surface area contributed by atoms with Gasteiger partial charge in [0, 0.05) is 31.1 Å². The van der Waals surface area contributed by atoms with Crippen LogP contribution in [0.25, 0.3) is 0 Å². The fourth-order valence-electron chi connectivity index (χ4n) is 3.69. The Morgan fingerprint density at radius 3 is 2.38 bits per heavy atom. The molecule has 1 unspecified atom stereocenters. The maximum atomic E-state index is 13.1. The van der Waals surface area contributed by atoms with Gasteiger partial charge in [-0.1, -0.05) is 18.2 Å². The van der Waals surface area contributed by atoms with E-state index in [2.05, 4.69) is 10.6 Å². The van der Waals surface area contributed by atoms with E-state index in [1.165, 1.54) is 6.26 Å². The van der Waals surface area contributed by atoms with E-state index in [-0.39, 0.29) is 36.8 Å². The van der Waals surface area contributed by atoms with Gasteiger partial charge in [0.1, 0.15) is 0 Å². The Morgan fingerprint density at radius 1 is 1.19 bits per heavy atom. The highest BCUT2D eigenvalue weighted by Crippen LogP contribution is 2.31. The normalized spacial score (nSPS) is 22.0. The van der Waals surface area contributed by atoms with Gasteiger partial charge in [0.25, 0.3) is 0 Å². The summed E-state index contributed by atoms with van der Waals surface area (Å²) in [6.07, 6.45) is 2.75. The van der Waals surface area contributed by atoms with Crippen molar-refractivity contribution in [1.82, 2.24) is 10.2 Å². The monoisotopic (exact) mass is 423 g/mol. The zero-order valence-electron chi connectivity index (χ0n) is 14.8. The molecule has 2 saturated heterocycles. The lowest BCUT2D eigenvalue weighted by atomic mass is 9.95. The van der Waals surface area contributed by atoms with E-state index in [0.717, 1.165) is 12.1 Å². The van der Waals surface area contributed by atoms with Crippen LogP contribution < -0.4 is 10.6 Å². The summed E-state index contributed by atoms with van der Waals surface area (Å²) < 4.78 is 23.5. The van der Waals surface area contributed by atoms with Crippen LogP contribution in [-0.4, -0.2) is 62.4 Å². The van der Waals surface area contributed by atoms with E-state index < -0.39 is 14.6 Å². The Kier molecular flexibility index (Phi) is 8.20. The number of para-hydroxylation sites is 1. The molecular formula is C17H27Cl2N3O3S. The molecule has 0 aliphatic carbocycles. The lowest BCUT2D eigenvalue weighted by Crippen LogP contribution is -2.58. The quantitative estimate of drug-likeness (QED) is 0.770. The van der Waals surface area contributed by atoms with Gasteiger partial charge in [0.2, 0.25) is 5.91 Å². The molecule has 3 rings (SSSR count). The molecule has 2 N–H and O–H groups in total. The fraction of sp³-hybridized carbons (Fsp3) is 0.588. The summed E-state index contributed by atoms with van der Waals surface area (Å²) in [5.74, 6) is -0.219. The Balaban J connectivity index is 0.00000169. The minimum Gasteiger partial charge on any atom is -0.380 e. The first-order valence-corrected chi connectivity index (χ1v) is 10.3. The van der Waals surface area contributed by atoms with Crippen LogP contribution in [-0.2, 0) is 14.6 Å². The molecule has 0 bridgehead atoms. The number of nitrogens with one attached hydrogen (secondary N) is 2. The second kappa shape index (κ2) is 9.26. The zero-order chi connectivity index (χ0) is 17.2. The number of rotatable bonds is 4. The topological polar surface area (TPSA) is 78.5 Å². The van der Waals surface area contributed by atoms with E-state index in [1.807, 2.05) is 30.3 Å². The van der Waals surface area contributed by atoms with Gasteiger partial charge in [-0.2, -0.15) is 0 Å². The molecular weight excluding hydrogens is 397 g/mol. The summed E-state index contributed by atoms with van der Waals surface area (Å²) >= 11 is 0. The third-order valence-corrected chi connectivity index (χ3v) is 7.13. The largest absolute Gasteiger partial charge is 0.380 e. The molecule has 2 heterocycles. The summed E-state index contributed by atoms with van der Waals surface area (Å²) in [7, 11) is -3.45. The van der Waals surface area contributed by atoms with Crippen LogP contribution in [0, 0.1) is 0 Å². The molecule has 0 spiro atoms. The van der Waals surface area contributed by atoms with Crippen molar-refractivity contribution in [2.24, 2.45) is 0 Å². The van der Waals surface area contributed by atoms with E-state index in [1.54, 1.807) is 4.90 Å². The molecule has 1 aromatic rings. The number of benzene rings is 1. The second-order valence-corrected chi connectivity index (χ2v) is 9.09. The van der Waals surface area contributed by atoms with Gasteiger partial charge in [-0.15, -0.1) is 24.8 Å². The second-order valence-electron chi connectivity index (χ2n) is 6.76. The molecule has 1 atom stereocenters. The van der Waals surface area contributed by atoms with Gasteiger partial charge < -0.3 is 15.5 Å². The lowest BCUT2D eigenvalue weighted by Gasteiger charge is -2.37. The highest BCUT2D eigenvalue weighted by Gasteiger charge is 2.51. The number of likely N-dealkylation sites (tertiary alicyclic amines) is 1. The predicted octanol–water partition coefficient (Wildman–Crippen LogP) is 1.71. The van der Waals surface area contributed by atoms with Crippen molar-refractivity contribution in [3.8, 4) is 0 Å². The number of hydrogen-bond donors (Lipinski definition) is 2. The maximum Gasteiger partial charge on any atom is 0.244 e. The van der Waals surface area contributed by atoms with Crippen LogP contribution in [0.1, 0.15) is 19.3 Å². The van der Waals surface area contributed by atoms with Gasteiger partial charge in [-0.05, 0) is 44.5 Å². The lowest BCUT2D eigenvalue weighted by molar-refractivity contribution is -0.133. The Morgan fingerprint density at radius 2 is 1.81 bits per heavy atom. The molecule has 2 fully saturated rings. The van der Waals surface area contributed by atoms with Crippen LogP contribution in [0.3, 0.4) is 0 Å². The first-order valence-electron chi connectivity index (χ1n) is 8.44. The van der Waals surface area contributed by atoms with Crippen molar-refractivity contribution >= 4 is 46.2 Å². The van der Waals surface area contributed by atoms with Crippen LogP contribution in [0.5, 0.6) is 0 Å². The highest BCUT2D eigenvalue weighted by molar-refractivity contribution is 7.92. The minimum atomic E-state index is -3.45. The Bertz CT molecular complexity index is 694. The molecule has 6 nitrogen and oxygen atoms in total. The first-order chi connectivity index (χ1) is 11.4. The Hall–Kier alpha value is -1.02. The summed E-state index contributed by atoms with van der Waals surface area (Å²) in [5.41, 5.74) is 1.02. The number of carbonyl (C=O) groups excluding carboxylic acids is 1. The maximum absolute atomic E-state index is 13.1. The summed E-state index contributed by atoms with van der Waals surface area (Å²) in [6, 6.07) is 10.0. The summed E-state index contributed by atoms with van der Waals surface area (Å²) in [5, 5.41) is 6.58. The molecule has 2 aliphatic heterocycles. The molecule has 148 valence electrons. The summed E-state index contributed by atoms with van der Waals surface area (Å²) in [6.45, 7) is 2.29. The number of hydrogen-bond acceptors (Lipinski definition) is 5. The number of nitrogens with zero attached hydrogens (tertiary/aromatic N) is 1. The van der Waals surface area contributed by atoms with Gasteiger partial charge in [-0.3, -0.25) is 4.79 Å². The average molecular weight is 424 g/mol. The fourth-order valence-corrected chi connectivity index (χ4v) is 5.09. The van der Waals surface area contributed by atoms with E-state index >= 15 is 0 Å². The van der Waals surface area contributed by atoms with Gasteiger partial charge in [0.15, 0.2) is 14.6 Å². The number of amides is 1. The SMILES string of the molecule is CS(=O)(=O)C1(C(=O)N2CCC(Nc3ccccc3)C2)CCNCC1.Cl.Cl. The van der Waals surface area contributed by atoms with Crippen molar-refractivity contribution in [2.75, 3.05) is 37.8 Å². The van der Waals surface area contributed by atoms with E-state index in [9.17, 15) is 13.2 Å².